The van der Waals surface area contributed by atoms with Crippen LogP contribution in [0.4, 0.5) is 11.4 Å². The standard InChI is InChI=1S/C11H16N4OS/c1-7-11(16)15(6-14-12)9-5-8(13-2)3-4-10(9)17-7/h3-5,7,13-14H,6,12H2,1-2H3. The second kappa shape index (κ2) is 4.95. The number of amides is 1. The average molecular weight is 252 g/mol. The number of nitrogens with two attached hydrogens (primary N) is 1. The number of carbonyl (C=O) groups excluding carboxylic acids is 1. The first-order valence-corrected chi connectivity index (χ1v) is 6.28. The van der Waals surface area contributed by atoms with Gasteiger partial charge in [0.25, 0.3) is 0 Å². The maximum absolute atomic E-state index is 12.1. The van der Waals surface area contributed by atoms with Gasteiger partial charge in [-0.1, -0.05) is 0 Å². The number of hydrogen-bond donors (Lipinski definition) is 3. The number of nitrogens with one attached hydrogen (secondary N) is 2. The largest absolute Gasteiger partial charge is 0.388 e. The zero-order valence-electron chi connectivity index (χ0n) is 9.86. The van der Waals surface area contributed by atoms with Crippen LogP contribution in [0.25, 0.3) is 0 Å². The lowest BCUT2D eigenvalue weighted by Crippen LogP contribution is -2.46. The lowest BCUT2D eigenvalue weighted by Gasteiger charge is -2.32. The second-order valence-corrected chi connectivity index (χ2v) is 5.20. The normalized spacial score (nSPS) is 19.1. The van der Waals surface area contributed by atoms with Gasteiger partial charge in [0.2, 0.25) is 5.91 Å². The van der Waals surface area contributed by atoms with Gasteiger partial charge in [0, 0.05) is 17.6 Å². The second-order valence-electron chi connectivity index (χ2n) is 3.82. The van der Waals surface area contributed by atoms with Crippen molar-refractivity contribution in [2.45, 2.75) is 17.1 Å². The van der Waals surface area contributed by atoms with Crippen LogP contribution in [0.1, 0.15) is 6.92 Å². The molecule has 1 aromatic rings. The number of fused-ring (bicyclic) bond motifs is 1. The Labute approximate surface area is 105 Å². The molecule has 0 saturated carbocycles. The van der Waals surface area contributed by atoms with E-state index in [2.05, 4.69) is 10.7 Å². The fraction of sp³-hybridized carbons (Fsp3) is 0.364. The van der Waals surface area contributed by atoms with Gasteiger partial charge >= 0.3 is 0 Å². The van der Waals surface area contributed by atoms with Gasteiger partial charge in [-0.15, -0.1) is 11.8 Å². The molecule has 1 amide bonds. The van der Waals surface area contributed by atoms with Crippen molar-refractivity contribution in [1.82, 2.24) is 5.43 Å². The van der Waals surface area contributed by atoms with E-state index >= 15 is 0 Å². The summed E-state index contributed by atoms with van der Waals surface area (Å²) in [5, 5.41) is 2.99. The van der Waals surface area contributed by atoms with Crippen molar-refractivity contribution in [3.8, 4) is 0 Å². The number of benzene rings is 1. The van der Waals surface area contributed by atoms with Gasteiger partial charge in [0.15, 0.2) is 0 Å². The number of thioether (sulfide) groups is 1. The molecule has 0 spiro atoms. The highest BCUT2D eigenvalue weighted by molar-refractivity contribution is 8.00. The Hall–Kier alpha value is -1.24. The van der Waals surface area contributed by atoms with Crippen LogP contribution in [0.3, 0.4) is 0 Å². The van der Waals surface area contributed by atoms with Crippen molar-refractivity contribution in [3.63, 3.8) is 0 Å². The van der Waals surface area contributed by atoms with Crippen molar-refractivity contribution in [3.05, 3.63) is 18.2 Å². The molecule has 4 N–H and O–H groups in total. The van der Waals surface area contributed by atoms with E-state index in [1.54, 1.807) is 16.7 Å². The van der Waals surface area contributed by atoms with Crippen LogP contribution in [0, 0.1) is 0 Å². The van der Waals surface area contributed by atoms with Crippen LogP contribution in [0.2, 0.25) is 0 Å². The summed E-state index contributed by atoms with van der Waals surface area (Å²) in [4.78, 5) is 14.8. The highest BCUT2D eigenvalue weighted by Gasteiger charge is 2.30. The summed E-state index contributed by atoms with van der Waals surface area (Å²) in [6, 6.07) is 5.99. The maximum Gasteiger partial charge on any atom is 0.241 e. The molecule has 92 valence electrons. The Kier molecular flexibility index (Phi) is 3.56. The molecule has 0 fully saturated rings. The van der Waals surface area contributed by atoms with E-state index in [-0.39, 0.29) is 11.2 Å². The number of nitrogens with zero attached hydrogens (tertiary/aromatic N) is 1. The van der Waals surface area contributed by atoms with E-state index in [9.17, 15) is 4.79 Å². The summed E-state index contributed by atoms with van der Waals surface area (Å²) < 4.78 is 0. The summed E-state index contributed by atoms with van der Waals surface area (Å²) in [6.45, 7) is 2.23. The Balaban J connectivity index is 2.43. The summed E-state index contributed by atoms with van der Waals surface area (Å²) in [5.41, 5.74) is 4.43. The molecule has 17 heavy (non-hydrogen) atoms. The van der Waals surface area contributed by atoms with Gasteiger partial charge in [-0.25, -0.2) is 5.43 Å². The van der Waals surface area contributed by atoms with Gasteiger partial charge in [0.05, 0.1) is 17.6 Å². The van der Waals surface area contributed by atoms with Crippen LogP contribution in [0.15, 0.2) is 23.1 Å². The van der Waals surface area contributed by atoms with Crippen LogP contribution in [-0.2, 0) is 4.79 Å². The Morgan fingerprint density at radius 1 is 1.53 bits per heavy atom. The molecule has 0 radical (unpaired) electrons. The first-order chi connectivity index (χ1) is 8.17. The maximum atomic E-state index is 12.1. The van der Waals surface area contributed by atoms with Crippen molar-refractivity contribution in [2.75, 3.05) is 23.9 Å². The van der Waals surface area contributed by atoms with Crippen LogP contribution in [-0.4, -0.2) is 24.9 Å². The SMILES string of the molecule is CNc1ccc2c(c1)N(CNN)C(=O)C(C)S2. The number of hydrogen-bond acceptors (Lipinski definition) is 5. The van der Waals surface area contributed by atoms with Gasteiger partial charge in [-0.05, 0) is 25.1 Å². The fourth-order valence-corrected chi connectivity index (χ4v) is 2.86. The molecule has 2 rings (SSSR count). The minimum atomic E-state index is -0.0729. The first-order valence-electron chi connectivity index (χ1n) is 5.40. The smallest absolute Gasteiger partial charge is 0.241 e. The molecule has 1 aliphatic heterocycles. The van der Waals surface area contributed by atoms with E-state index in [0.717, 1.165) is 16.3 Å². The zero-order chi connectivity index (χ0) is 12.4. The fourth-order valence-electron chi connectivity index (χ4n) is 1.82. The minimum absolute atomic E-state index is 0.0729. The molecule has 0 saturated heterocycles. The Morgan fingerprint density at radius 3 is 2.94 bits per heavy atom. The van der Waals surface area contributed by atoms with E-state index in [1.165, 1.54) is 0 Å². The average Bonchev–Trinajstić information content (AvgIpc) is 2.34. The Bertz CT molecular complexity index is 437. The zero-order valence-corrected chi connectivity index (χ0v) is 10.7. The lowest BCUT2D eigenvalue weighted by atomic mass is 10.2. The van der Waals surface area contributed by atoms with Crippen molar-refractivity contribution in [2.24, 2.45) is 5.84 Å². The van der Waals surface area contributed by atoms with E-state index in [4.69, 9.17) is 5.84 Å². The highest BCUT2D eigenvalue weighted by Crippen LogP contribution is 2.40. The molecule has 0 aromatic heterocycles. The molecule has 0 bridgehead atoms. The minimum Gasteiger partial charge on any atom is -0.388 e. The Morgan fingerprint density at radius 2 is 2.29 bits per heavy atom. The van der Waals surface area contributed by atoms with Crippen molar-refractivity contribution < 1.29 is 4.79 Å². The summed E-state index contributed by atoms with van der Waals surface area (Å²) in [6.07, 6.45) is 0. The molecular formula is C11H16N4OS. The number of hydrazine groups is 1. The molecular weight excluding hydrogens is 236 g/mol. The third kappa shape index (κ3) is 2.24. The third-order valence-corrected chi connectivity index (χ3v) is 3.86. The van der Waals surface area contributed by atoms with Gasteiger partial charge in [-0.3, -0.25) is 15.5 Å². The van der Waals surface area contributed by atoms with Crippen LogP contribution in [0.5, 0.6) is 0 Å². The summed E-state index contributed by atoms with van der Waals surface area (Å²) in [7, 11) is 1.85. The summed E-state index contributed by atoms with van der Waals surface area (Å²) in [5.74, 6) is 5.41. The third-order valence-electron chi connectivity index (χ3n) is 2.71. The van der Waals surface area contributed by atoms with E-state index in [0.29, 0.717) is 6.67 Å². The number of rotatable bonds is 3. The predicted octanol–water partition coefficient (Wildman–Crippen LogP) is 0.976. The summed E-state index contributed by atoms with van der Waals surface area (Å²) >= 11 is 1.58. The molecule has 1 atom stereocenters. The highest BCUT2D eigenvalue weighted by atomic mass is 32.2. The molecule has 1 aromatic carbocycles. The molecule has 0 aliphatic carbocycles. The quantitative estimate of drug-likeness (QED) is 0.552. The number of carbonyl (C=O) groups is 1. The van der Waals surface area contributed by atoms with Crippen molar-refractivity contribution in [1.29, 1.82) is 0 Å². The van der Waals surface area contributed by atoms with Crippen LogP contribution < -0.4 is 21.5 Å². The molecule has 6 heteroatoms. The van der Waals surface area contributed by atoms with Gasteiger partial charge < -0.3 is 5.32 Å². The van der Waals surface area contributed by atoms with Crippen molar-refractivity contribution >= 4 is 29.0 Å². The van der Waals surface area contributed by atoms with E-state index in [1.807, 2.05) is 32.2 Å². The van der Waals surface area contributed by atoms with E-state index < -0.39 is 0 Å². The van der Waals surface area contributed by atoms with Gasteiger partial charge in [0.1, 0.15) is 0 Å². The molecule has 1 unspecified atom stereocenters. The molecule has 1 heterocycles. The molecule has 5 nitrogen and oxygen atoms in total. The predicted molar refractivity (Wildman–Crippen MR) is 71.0 cm³/mol. The van der Waals surface area contributed by atoms with Crippen LogP contribution >= 0.6 is 11.8 Å². The monoisotopic (exact) mass is 252 g/mol. The first kappa shape index (κ1) is 12.2. The lowest BCUT2D eigenvalue weighted by molar-refractivity contribution is -0.118. The molecule has 1 aliphatic rings. The number of anilines is 2. The van der Waals surface area contributed by atoms with Gasteiger partial charge in [-0.2, -0.15) is 0 Å². The topological polar surface area (TPSA) is 70.4 Å².